The van der Waals surface area contributed by atoms with Crippen LogP contribution in [0.2, 0.25) is 0 Å². The number of methoxy groups -OCH3 is 1. The lowest BCUT2D eigenvalue weighted by Gasteiger charge is -2.27. The van der Waals surface area contributed by atoms with Crippen molar-refractivity contribution in [2.75, 3.05) is 60.9 Å². The number of carbonyl (C=O) groups is 2. The Morgan fingerprint density at radius 1 is 1.09 bits per heavy atom. The number of hydrogen-bond donors (Lipinski definition) is 4. The molecular formula is C29H37F3N8O3S. The van der Waals surface area contributed by atoms with Crippen molar-refractivity contribution >= 4 is 51.2 Å². The summed E-state index contributed by atoms with van der Waals surface area (Å²) in [4.78, 5) is 33.2. The van der Waals surface area contributed by atoms with E-state index >= 15 is 0 Å². The zero-order chi connectivity index (χ0) is 32.6. The number of alkyl halides is 3. The second kappa shape index (κ2) is 14.9. The molecule has 2 amide bonds. The van der Waals surface area contributed by atoms with Crippen LogP contribution in [0.3, 0.4) is 0 Å². The Morgan fingerprint density at radius 2 is 1.82 bits per heavy atom. The maximum Gasteiger partial charge on any atom is 0.416 e. The average Bonchev–Trinajstić information content (AvgIpc) is 3.45. The normalized spacial score (nSPS) is 11.8. The first-order valence-electron chi connectivity index (χ1n) is 13.7. The number of likely N-dealkylation sites (N-methyl/N-ethyl adjacent to an activating group) is 2. The molecule has 0 aliphatic heterocycles. The fraction of sp³-hybridized carbons (Fsp3) is 0.345. The quantitative estimate of drug-likeness (QED) is 0.154. The Labute approximate surface area is 258 Å². The molecule has 238 valence electrons. The van der Waals surface area contributed by atoms with E-state index in [0.29, 0.717) is 41.4 Å². The summed E-state index contributed by atoms with van der Waals surface area (Å²) >= 11 is 1.10. The number of anilines is 4. The highest BCUT2D eigenvalue weighted by Crippen LogP contribution is 2.35. The third kappa shape index (κ3) is 9.08. The van der Waals surface area contributed by atoms with Gasteiger partial charge in [-0.25, -0.2) is 15.6 Å². The van der Waals surface area contributed by atoms with Gasteiger partial charge < -0.3 is 25.6 Å². The van der Waals surface area contributed by atoms with Crippen molar-refractivity contribution in [3.8, 4) is 0 Å². The summed E-state index contributed by atoms with van der Waals surface area (Å²) in [7, 11) is 3.17. The number of aromatic nitrogens is 1. The summed E-state index contributed by atoms with van der Waals surface area (Å²) in [5.74, 6) is 5.65. The number of carbonyl (C=O) groups excluding carboxylic acids is 2. The molecule has 3 aromatic rings. The van der Waals surface area contributed by atoms with Crippen molar-refractivity contribution in [1.29, 1.82) is 0 Å². The van der Waals surface area contributed by atoms with Gasteiger partial charge in [0.25, 0.3) is 5.91 Å². The first kappa shape index (κ1) is 34.2. The van der Waals surface area contributed by atoms with Crippen molar-refractivity contribution in [2.24, 2.45) is 11.6 Å². The lowest BCUT2D eigenvalue weighted by Crippen LogP contribution is -2.33. The summed E-state index contributed by atoms with van der Waals surface area (Å²) in [5, 5.41) is 6.56. The van der Waals surface area contributed by atoms with Crippen LogP contribution in [-0.4, -0.2) is 62.2 Å². The average molecular weight is 635 g/mol. The molecule has 44 heavy (non-hydrogen) atoms. The number of nitrogens with one attached hydrogen (secondary N) is 2. The van der Waals surface area contributed by atoms with E-state index in [0.717, 1.165) is 30.0 Å². The van der Waals surface area contributed by atoms with Crippen LogP contribution >= 0.6 is 11.3 Å². The van der Waals surface area contributed by atoms with Crippen LogP contribution in [0.25, 0.3) is 5.70 Å². The minimum Gasteiger partial charge on any atom is -0.453 e. The predicted octanol–water partition coefficient (Wildman–Crippen LogP) is 5.32. The van der Waals surface area contributed by atoms with E-state index in [2.05, 4.69) is 25.3 Å². The van der Waals surface area contributed by atoms with E-state index in [9.17, 15) is 22.8 Å². The second-order valence-electron chi connectivity index (χ2n) is 9.84. The Bertz CT molecular complexity index is 1490. The third-order valence-corrected chi connectivity index (χ3v) is 7.72. The summed E-state index contributed by atoms with van der Waals surface area (Å²) < 4.78 is 46.0. The van der Waals surface area contributed by atoms with E-state index in [-0.39, 0.29) is 22.1 Å². The van der Waals surface area contributed by atoms with Gasteiger partial charge in [0.15, 0.2) is 5.13 Å². The predicted molar refractivity (Wildman–Crippen MR) is 169 cm³/mol. The Kier molecular flexibility index (Phi) is 11.6. The number of aryl methyl sites for hydroxylation is 1. The number of amides is 2. The van der Waals surface area contributed by atoms with E-state index in [1.807, 2.05) is 25.8 Å². The summed E-state index contributed by atoms with van der Waals surface area (Å²) in [6.45, 7) is 8.13. The van der Waals surface area contributed by atoms with Crippen molar-refractivity contribution in [2.45, 2.75) is 26.9 Å². The molecule has 0 aliphatic rings. The highest BCUT2D eigenvalue weighted by molar-refractivity contribution is 7.16. The van der Waals surface area contributed by atoms with Gasteiger partial charge in [0.2, 0.25) is 0 Å². The van der Waals surface area contributed by atoms with E-state index in [4.69, 9.17) is 11.6 Å². The second-order valence-corrected chi connectivity index (χ2v) is 10.9. The van der Waals surface area contributed by atoms with E-state index in [1.165, 1.54) is 36.6 Å². The third-order valence-electron chi connectivity index (χ3n) is 6.75. The molecule has 1 aromatic heterocycles. The fourth-order valence-electron chi connectivity index (χ4n) is 4.07. The van der Waals surface area contributed by atoms with Gasteiger partial charge in [0.05, 0.1) is 28.9 Å². The lowest BCUT2D eigenvalue weighted by molar-refractivity contribution is -0.137. The van der Waals surface area contributed by atoms with E-state index in [1.54, 1.807) is 19.1 Å². The molecular weight excluding hydrogens is 597 g/mol. The van der Waals surface area contributed by atoms with Gasteiger partial charge in [-0.05, 0) is 63.3 Å². The monoisotopic (exact) mass is 634 g/mol. The van der Waals surface area contributed by atoms with Crippen LogP contribution in [0.1, 0.15) is 40.2 Å². The SMILES string of the molecule is CCN(C)CCN(CC)c1cc(NC(=O)c2ccc(C)c(N(N)/C=C(\N)c3cnc(NC(=O)OC)s3)c2)cc(C(F)(F)F)c1. The van der Waals surface area contributed by atoms with Crippen LogP contribution in [-0.2, 0) is 10.9 Å². The highest BCUT2D eigenvalue weighted by Gasteiger charge is 2.32. The van der Waals surface area contributed by atoms with Gasteiger partial charge in [-0.3, -0.25) is 15.1 Å². The smallest absolute Gasteiger partial charge is 0.416 e. The Hall–Kier alpha value is -4.34. The standard InChI is InChI=1S/C29H37F3N8O3S/c1-6-38(4)10-11-39(7-2)22-14-20(29(30,31)32)13-21(15-22)36-26(41)19-9-8-18(3)24(12-19)40(34)17-23(33)25-16-35-27(44-25)37-28(42)43-5/h8-9,12-17H,6-7,10-11,33-34H2,1-5H3,(H,36,41)(H,35,37,42)/b23-17-. The molecule has 0 saturated heterocycles. The maximum atomic E-state index is 13.8. The minimum absolute atomic E-state index is 0.0135. The zero-order valence-electron chi connectivity index (χ0n) is 25.2. The topological polar surface area (TPSA) is 142 Å². The molecule has 1 heterocycles. The van der Waals surface area contributed by atoms with Crippen LogP contribution in [0, 0.1) is 6.92 Å². The molecule has 6 N–H and O–H groups in total. The first-order valence-corrected chi connectivity index (χ1v) is 14.5. The fourth-order valence-corrected chi connectivity index (χ4v) is 4.79. The number of benzene rings is 2. The molecule has 2 aromatic carbocycles. The van der Waals surface area contributed by atoms with Gasteiger partial charge >= 0.3 is 12.3 Å². The minimum atomic E-state index is -4.60. The number of halogens is 3. The zero-order valence-corrected chi connectivity index (χ0v) is 26.0. The number of nitrogens with two attached hydrogens (primary N) is 2. The molecule has 0 unspecified atom stereocenters. The van der Waals surface area contributed by atoms with E-state index < -0.39 is 23.7 Å². The van der Waals surface area contributed by atoms with Crippen molar-refractivity contribution in [1.82, 2.24) is 9.88 Å². The molecule has 11 nitrogen and oxygen atoms in total. The molecule has 0 radical (unpaired) electrons. The van der Waals surface area contributed by atoms with Gasteiger partial charge in [-0.1, -0.05) is 24.3 Å². The van der Waals surface area contributed by atoms with Crippen LogP contribution in [0.15, 0.2) is 48.8 Å². The van der Waals surface area contributed by atoms with Gasteiger partial charge in [0, 0.05) is 49.0 Å². The van der Waals surface area contributed by atoms with Crippen LogP contribution < -0.4 is 32.1 Å². The first-order chi connectivity index (χ1) is 20.7. The van der Waals surface area contributed by atoms with Gasteiger partial charge in [-0.2, -0.15) is 13.2 Å². The molecule has 15 heteroatoms. The summed E-state index contributed by atoms with van der Waals surface area (Å²) in [6, 6.07) is 8.28. The number of ether oxygens (including phenoxy) is 1. The highest BCUT2D eigenvalue weighted by atomic mass is 32.1. The molecule has 0 bridgehead atoms. The van der Waals surface area contributed by atoms with Crippen molar-refractivity contribution < 1.29 is 27.5 Å². The summed E-state index contributed by atoms with van der Waals surface area (Å²) in [6.07, 6.45) is -2.40. The molecule has 0 aliphatic carbocycles. The van der Waals surface area contributed by atoms with Crippen LogP contribution in [0.5, 0.6) is 0 Å². The molecule has 0 spiro atoms. The lowest BCUT2D eigenvalue weighted by atomic mass is 10.1. The Morgan fingerprint density at radius 3 is 2.45 bits per heavy atom. The number of hydrazine groups is 1. The van der Waals surface area contributed by atoms with Gasteiger partial charge in [-0.15, -0.1) is 0 Å². The Balaban J connectivity index is 1.85. The number of thiazole rings is 1. The summed E-state index contributed by atoms with van der Waals surface area (Å²) in [5.41, 5.74) is 7.25. The number of hydrogen-bond acceptors (Lipinski definition) is 10. The molecule has 0 fully saturated rings. The van der Waals surface area contributed by atoms with Crippen LogP contribution in [0.4, 0.5) is 40.2 Å². The molecule has 0 atom stereocenters. The van der Waals surface area contributed by atoms with Gasteiger partial charge in [0.1, 0.15) is 0 Å². The molecule has 3 rings (SSSR count). The van der Waals surface area contributed by atoms with Crippen molar-refractivity contribution in [3.63, 3.8) is 0 Å². The molecule has 0 saturated carbocycles. The number of nitrogens with zero attached hydrogens (tertiary/aromatic N) is 4. The number of rotatable bonds is 12. The largest absolute Gasteiger partial charge is 0.453 e. The van der Waals surface area contributed by atoms with Crippen molar-refractivity contribution in [3.05, 3.63) is 70.4 Å². The maximum absolute atomic E-state index is 13.8.